The molecular formula is C12H21NO2. The molecule has 0 aromatic heterocycles. The van der Waals surface area contributed by atoms with E-state index < -0.39 is 5.54 Å². The summed E-state index contributed by atoms with van der Waals surface area (Å²) in [5.41, 5.74) is -0.460. The number of hydrogen-bond donors (Lipinski definition) is 1. The molecule has 0 radical (unpaired) electrons. The Morgan fingerprint density at radius 2 is 2.20 bits per heavy atom. The molecule has 0 aliphatic heterocycles. The van der Waals surface area contributed by atoms with Crippen LogP contribution in [-0.2, 0) is 4.79 Å². The summed E-state index contributed by atoms with van der Waals surface area (Å²) in [7, 11) is 1.77. The van der Waals surface area contributed by atoms with Crippen molar-refractivity contribution < 1.29 is 9.90 Å². The van der Waals surface area contributed by atoms with Gasteiger partial charge < -0.3 is 10.0 Å². The van der Waals surface area contributed by atoms with Crippen LogP contribution >= 0.6 is 0 Å². The number of amides is 1. The van der Waals surface area contributed by atoms with Gasteiger partial charge in [-0.1, -0.05) is 12.2 Å². The Labute approximate surface area is 91.8 Å². The molecule has 0 spiro atoms. The highest BCUT2D eigenvalue weighted by atomic mass is 16.3. The number of carbonyl (C=O) groups excluding carboxylic acids is 1. The lowest BCUT2D eigenvalue weighted by Gasteiger charge is -2.36. The van der Waals surface area contributed by atoms with E-state index in [2.05, 4.69) is 12.2 Å². The van der Waals surface area contributed by atoms with Crippen molar-refractivity contribution in [2.45, 2.75) is 38.6 Å². The van der Waals surface area contributed by atoms with Crippen LogP contribution in [-0.4, -0.2) is 35.1 Å². The Hall–Kier alpha value is -0.830. The minimum Gasteiger partial charge on any atom is -0.394 e. The molecule has 0 aromatic rings. The van der Waals surface area contributed by atoms with Gasteiger partial charge in [0.15, 0.2) is 0 Å². The Kier molecular flexibility index (Phi) is 3.91. The summed E-state index contributed by atoms with van der Waals surface area (Å²) in [6.07, 6.45) is 6.96. The van der Waals surface area contributed by atoms with Crippen LogP contribution in [0.25, 0.3) is 0 Å². The number of carbonyl (C=O) groups is 1. The van der Waals surface area contributed by atoms with Crippen LogP contribution in [0.5, 0.6) is 0 Å². The molecule has 0 aromatic carbocycles. The van der Waals surface area contributed by atoms with Crippen LogP contribution in [0.3, 0.4) is 0 Å². The maximum absolute atomic E-state index is 12.1. The third kappa shape index (κ3) is 2.81. The van der Waals surface area contributed by atoms with E-state index in [0.717, 1.165) is 19.3 Å². The second-order valence-corrected chi connectivity index (χ2v) is 4.85. The molecule has 1 amide bonds. The third-order valence-electron chi connectivity index (χ3n) is 3.24. The molecular weight excluding hydrogens is 190 g/mol. The summed E-state index contributed by atoms with van der Waals surface area (Å²) >= 11 is 0. The Morgan fingerprint density at radius 1 is 1.53 bits per heavy atom. The molecule has 1 rings (SSSR count). The van der Waals surface area contributed by atoms with E-state index in [1.54, 1.807) is 11.9 Å². The van der Waals surface area contributed by atoms with Gasteiger partial charge >= 0.3 is 0 Å². The summed E-state index contributed by atoms with van der Waals surface area (Å²) in [4.78, 5) is 13.8. The standard InChI is InChI=1S/C12H21NO2/c1-12(2,9-14)13(3)11(15)10-7-5-4-6-8-10/h4-5,10,14H,6-9H2,1-3H3. The zero-order valence-corrected chi connectivity index (χ0v) is 9.86. The van der Waals surface area contributed by atoms with Crippen LogP contribution in [0, 0.1) is 5.92 Å². The summed E-state index contributed by atoms with van der Waals surface area (Å²) < 4.78 is 0. The number of aliphatic hydroxyl groups is 1. The Bertz CT molecular complexity index is 258. The number of nitrogens with zero attached hydrogens (tertiary/aromatic N) is 1. The van der Waals surface area contributed by atoms with E-state index in [9.17, 15) is 9.90 Å². The summed E-state index contributed by atoms with van der Waals surface area (Å²) in [5.74, 6) is 0.254. The smallest absolute Gasteiger partial charge is 0.226 e. The van der Waals surface area contributed by atoms with Gasteiger partial charge in [0.25, 0.3) is 0 Å². The highest BCUT2D eigenvalue weighted by Crippen LogP contribution is 2.23. The van der Waals surface area contributed by atoms with Crippen molar-refractivity contribution in [3.63, 3.8) is 0 Å². The van der Waals surface area contributed by atoms with Crippen molar-refractivity contribution in [1.82, 2.24) is 4.90 Å². The first-order valence-electron chi connectivity index (χ1n) is 5.52. The fourth-order valence-corrected chi connectivity index (χ4v) is 1.70. The number of hydrogen-bond acceptors (Lipinski definition) is 2. The normalized spacial score (nSPS) is 21.5. The van der Waals surface area contributed by atoms with Gasteiger partial charge in [0.1, 0.15) is 0 Å². The molecule has 0 saturated heterocycles. The van der Waals surface area contributed by atoms with Gasteiger partial charge in [0.2, 0.25) is 5.91 Å². The highest BCUT2D eigenvalue weighted by molar-refractivity contribution is 5.79. The molecule has 0 bridgehead atoms. The van der Waals surface area contributed by atoms with E-state index in [0.29, 0.717) is 0 Å². The minimum atomic E-state index is -0.460. The summed E-state index contributed by atoms with van der Waals surface area (Å²) in [5, 5.41) is 9.20. The summed E-state index contributed by atoms with van der Waals surface area (Å²) in [6.45, 7) is 3.75. The van der Waals surface area contributed by atoms with Crippen molar-refractivity contribution in [3.8, 4) is 0 Å². The number of allylic oxidation sites excluding steroid dienone is 2. The van der Waals surface area contributed by atoms with Gasteiger partial charge in [-0.25, -0.2) is 0 Å². The van der Waals surface area contributed by atoms with Crippen LogP contribution in [0.1, 0.15) is 33.1 Å². The average molecular weight is 211 g/mol. The first kappa shape index (κ1) is 12.2. The van der Waals surface area contributed by atoms with Crippen molar-refractivity contribution in [2.75, 3.05) is 13.7 Å². The van der Waals surface area contributed by atoms with Gasteiger partial charge in [-0.3, -0.25) is 4.79 Å². The molecule has 1 aliphatic rings. The Morgan fingerprint density at radius 3 is 2.67 bits per heavy atom. The number of likely N-dealkylation sites (N-methyl/N-ethyl adjacent to an activating group) is 1. The van der Waals surface area contributed by atoms with Crippen molar-refractivity contribution in [1.29, 1.82) is 0 Å². The molecule has 1 atom stereocenters. The van der Waals surface area contributed by atoms with Crippen LogP contribution < -0.4 is 0 Å². The van der Waals surface area contributed by atoms with Gasteiger partial charge in [-0.05, 0) is 33.1 Å². The van der Waals surface area contributed by atoms with Crippen LogP contribution in [0.2, 0.25) is 0 Å². The molecule has 1 aliphatic carbocycles. The quantitative estimate of drug-likeness (QED) is 0.720. The van der Waals surface area contributed by atoms with E-state index in [4.69, 9.17) is 0 Å². The van der Waals surface area contributed by atoms with Gasteiger partial charge in [-0.15, -0.1) is 0 Å². The minimum absolute atomic E-state index is 0.00218. The summed E-state index contributed by atoms with van der Waals surface area (Å²) in [6, 6.07) is 0. The lowest BCUT2D eigenvalue weighted by atomic mass is 9.91. The first-order chi connectivity index (χ1) is 6.99. The molecule has 0 heterocycles. The van der Waals surface area contributed by atoms with Gasteiger partial charge in [0.05, 0.1) is 12.1 Å². The van der Waals surface area contributed by atoms with Gasteiger partial charge in [0, 0.05) is 13.0 Å². The highest BCUT2D eigenvalue weighted by Gasteiger charge is 2.31. The fourth-order valence-electron chi connectivity index (χ4n) is 1.70. The van der Waals surface area contributed by atoms with Crippen molar-refractivity contribution in [2.24, 2.45) is 5.92 Å². The largest absolute Gasteiger partial charge is 0.394 e. The maximum Gasteiger partial charge on any atom is 0.226 e. The molecule has 15 heavy (non-hydrogen) atoms. The molecule has 3 heteroatoms. The van der Waals surface area contributed by atoms with Crippen LogP contribution in [0.4, 0.5) is 0 Å². The molecule has 0 saturated carbocycles. The van der Waals surface area contributed by atoms with E-state index >= 15 is 0 Å². The number of aliphatic hydroxyl groups excluding tert-OH is 1. The molecule has 86 valence electrons. The molecule has 1 unspecified atom stereocenters. The zero-order valence-electron chi connectivity index (χ0n) is 9.86. The second kappa shape index (κ2) is 4.79. The van der Waals surface area contributed by atoms with Crippen molar-refractivity contribution in [3.05, 3.63) is 12.2 Å². The SMILES string of the molecule is CN(C(=O)C1CC=CCC1)C(C)(C)CO. The monoisotopic (exact) mass is 211 g/mol. The van der Waals surface area contributed by atoms with Crippen LogP contribution in [0.15, 0.2) is 12.2 Å². The topological polar surface area (TPSA) is 40.5 Å². The predicted molar refractivity (Wildman–Crippen MR) is 60.4 cm³/mol. The fraction of sp³-hybridized carbons (Fsp3) is 0.750. The van der Waals surface area contributed by atoms with E-state index in [-0.39, 0.29) is 18.4 Å². The lowest BCUT2D eigenvalue weighted by molar-refractivity contribution is -0.140. The van der Waals surface area contributed by atoms with Crippen molar-refractivity contribution >= 4 is 5.91 Å². The van der Waals surface area contributed by atoms with E-state index in [1.165, 1.54) is 0 Å². The maximum atomic E-state index is 12.1. The Balaban J connectivity index is 2.63. The predicted octanol–water partition coefficient (Wildman–Crippen LogP) is 1.57. The zero-order chi connectivity index (χ0) is 11.5. The lowest BCUT2D eigenvalue weighted by Crippen LogP contribution is -2.49. The first-order valence-corrected chi connectivity index (χ1v) is 5.52. The van der Waals surface area contributed by atoms with Gasteiger partial charge in [-0.2, -0.15) is 0 Å². The molecule has 3 nitrogen and oxygen atoms in total. The average Bonchev–Trinajstić information content (AvgIpc) is 2.28. The van der Waals surface area contributed by atoms with E-state index in [1.807, 2.05) is 13.8 Å². The third-order valence-corrected chi connectivity index (χ3v) is 3.24. The number of rotatable bonds is 3. The molecule has 1 N–H and O–H groups in total. The second-order valence-electron chi connectivity index (χ2n) is 4.85. The molecule has 0 fully saturated rings.